The fraction of sp³-hybridized carbons (Fsp3) is 0.500. The molecule has 1 amide bonds. The van der Waals surface area contributed by atoms with Crippen LogP contribution >= 0.6 is 0 Å². The van der Waals surface area contributed by atoms with Crippen LogP contribution in [0.4, 0.5) is 4.79 Å². The highest BCUT2D eigenvalue weighted by Gasteiger charge is 2.18. The second-order valence-electron chi connectivity index (χ2n) is 2.19. The number of hydrazine groups is 1. The minimum absolute atomic E-state index is 0.733. The van der Waals surface area contributed by atoms with Crippen molar-refractivity contribution >= 4 is 6.09 Å². The predicted octanol–water partition coefficient (Wildman–Crippen LogP) is -0.00190. The van der Waals surface area contributed by atoms with Gasteiger partial charge in [-0.25, -0.2) is 10.6 Å². The summed E-state index contributed by atoms with van der Waals surface area (Å²) in [5.74, 6) is 7.01. The summed E-state index contributed by atoms with van der Waals surface area (Å²) in [6.45, 7) is 3.17. The molecule has 0 unspecified atom stereocenters. The first-order valence-corrected chi connectivity index (χ1v) is 2.69. The Bertz CT molecular complexity index is 169. The van der Waals surface area contributed by atoms with Crippen molar-refractivity contribution in [1.82, 2.24) is 5.43 Å². The number of carbonyl (C=O) groups excluding carboxylic acids is 1. The molecule has 10 heavy (non-hydrogen) atoms. The summed E-state index contributed by atoms with van der Waals surface area (Å²) in [5.41, 5.74) is 0.899. The van der Waals surface area contributed by atoms with Crippen LogP contribution < -0.4 is 11.3 Å². The number of carbonyl (C=O) groups is 1. The van der Waals surface area contributed by atoms with Crippen molar-refractivity contribution in [2.75, 3.05) is 0 Å². The van der Waals surface area contributed by atoms with Crippen molar-refractivity contribution in [2.45, 2.75) is 19.4 Å². The molecule has 0 rings (SSSR count). The molecule has 0 bridgehead atoms. The molecule has 0 spiro atoms. The van der Waals surface area contributed by atoms with E-state index in [4.69, 9.17) is 12.3 Å². The van der Waals surface area contributed by atoms with Gasteiger partial charge in [0.05, 0.1) is 0 Å². The number of nitrogens with one attached hydrogen (secondary N) is 1. The van der Waals surface area contributed by atoms with Crippen molar-refractivity contribution in [1.29, 1.82) is 0 Å². The van der Waals surface area contributed by atoms with Crippen LogP contribution in [0.5, 0.6) is 0 Å². The van der Waals surface area contributed by atoms with Gasteiger partial charge in [0, 0.05) is 0 Å². The molecular formula is C6H10N2O2. The molecule has 0 aliphatic heterocycles. The van der Waals surface area contributed by atoms with Gasteiger partial charge >= 0.3 is 6.09 Å². The van der Waals surface area contributed by atoms with Gasteiger partial charge in [-0.2, -0.15) is 0 Å². The molecule has 0 atom stereocenters. The zero-order valence-corrected chi connectivity index (χ0v) is 5.97. The minimum Gasteiger partial charge on any atom is -0.429 e. The Labute approximate surface area is 59.7 Å². The first-order chi connectivity index (χ1) is 4.52. The average molecular weight is 142 g/mol. The van der Waals surface area contributed by atoms with Gasteiger partial charge in [0.2, 0.25) is 0 Å². The number of rotatable bonds is 1. The summed E-state index contributed by atoms with van der Waals surface area (Å²) >= 11 is 0. The second-order valence-corrected chi connectivity index (χ2v) is 2.19. The Morgan fingerprint density at radius 1 is 1.80 bits per heavy atom. The van der Waals surface area contributed by atoms with Crippen LogP contribution in [0.3, 0.4) is 0 Å². The molecule has 0 saturated heterocycles. The molecule has 4 nitrogen and oxygen atoms in total. The van der Waals surface area contributed by atoms with Crippen molar-refractivity contribution in [2.24, 2.45) is 5.84 Å². The molecule has 0 aromatic heterocycles. The maximum absolute atomic E-state index is 10.4. The first kappa shape index (κ1) is 8.79. The largest absolute Gasteiger partial charge is 0.429 e. The molecular weight excluding hydrogens is 132 g/mol. The molecule has 0 aromatic carbocycles. The first-order valence-electron chi connectivity index (χ1n) is 2.69. The molecule has 0 aliphatic carbocycles. The third kappa shape index (κ3) is 2.95. The van der Waals surface area contributed by atoms with Gasteiger partial charge in [0.1, 0.15) is 0 Å². The Morgan fingerprint density at radius 3 is 2.60 bits per heavy atom. The summed E-state index contributed by atoms with van der Waals surface area (Å²) in [6, 6.07) is 0. The maximum atomic E-state index is 10.4. The third-order valence-corrected chi connectivity index (χ3v) is 0.813. The molecule has 0 fully saturated rings. The summed E-state index contributed by atoms with van der Waals surface area (Å²) in [7, 11) is 0. The van der Waals surface area contributed by atoms with Gasteiger partial charge in [-0.05, 0) is 13.8 Å². The number of amides is 1. The van der Waals surface area contributed by atoms with Gasteiger partial charge in [-0.15, -0.1) is 6.42 Å². The topological polar surface area (TPSA) is 64.3 Å². The van der Waals surface area contributed by atoms with E-state index in [0.29, 0.717) is 0 Å². The van der Waals surface area contributed by atoms with E-state index >= 15 is 0 Å². The quantitative estimate of drug-likeness (QED) is 0.234. The van der Waals surface area contributed by atoms with Crippen molar-refractivity contribution in [3.05, 3.63) is 0 Å². The Balaban J connectivity index is 3.92. The molecule has 0 aliphatic rings. The number of nitrogens with two attached hydrogens (primary N) is 1. The standard InChI is InChI=1S/C6H10N2O2/c1-4-6(2,3)10-5(9)8-7/h1H,7H2,2-3H3,(H,8,9). The van der Waals surface area contributed by atoms with Crippen molar-refractivity contribution in [3.8, 4) is 12.3 Å². The lowest BCUT2D eigenvalue weighted by molar-refractivity contribution is 0.0783. The zero-order chi connectivity index (χ0) is 8.20. The lowest BCUT2D eigenvalue weighted by Crippen LogP contribution is -2.37. The highest BCUT2D eigenvalue weighted by Crippen LogP contribution is 2.05. The highest BCUT2D eigenvalue weighted by molar-refractivity contribution is 5.67. The van der Waals surface area contributed by atoms with E-state index in [1.807, 2.05) is 0 Å². The maximum Gasteiger partial charge on any atom is 0.422 e. The van der Waals surface area contributed by atoms with Crippen LogP contribution in [0.2, 0.25) is 0 Å². The molecule has 0 radical (unpaired) electrons. The van der Waals surface area contributed by atoms with Gasteiger partial charge < -0.3 is 4.74 Å². The minimum atomic E-state index is -0.899. The lowest BCUT2D eigenvalue weighted by Gasteiger charge is -2.17. The van der Waals surface area contributed by atoms with Crippen LogP contribution in [0, 0.1) is 12.3 Å². The van der Waals surface area contributed by atoms with Crippen LogP contribution in [0.15, 0.2) is 0 Å². The average Bonchev–Trinajstić information content (AvgIpc) is 1.87. The van der Waals surface area contributed by atoms with E-state index < -0.39 is 11.7 Å². The Morgan fingerprint density at radius 2 is 2.30 bits per heavy atom. The van der Waals surface area contributed by atoms with Gasteiger partial charge in [-0.3, -0.25) is 5.43 Å². The third-order valence-electron chi connectivity index (χ3n) is 0.813. The van der Waals surface area contributed by atoms with E-state index in [0.717, 1.165) is 0 Å². The van der Waals surface area contributed by atoms with Crippen LogP contribution in [-0.2, 0) is 4.74 Å². The fourth-order valence-corrected chi connectivity index (χ4v) is 0.291. The summed E-state index contributed by atoms with van der Waals surface area (Å²) in [5, 5.41) is 0. The highest BCUT2D eigenvalue weighted by atomic mass is 16.6. The molecule has 0 saturated carbocycles. The number of hydrogen-bond acceptors (Lipinski definition) is 3. The molecule has 56 valence electrons. The van der Waals surface area contributed by atoms with E-state index in [-0.39, 0.29) is 0 Å². The number of hydrogen-bond donors (Lipinski definition) is 2. The van der Waals surface area contributed by atoms with Gasteiger partial charge in [0.25, 0.3) is 0 Å². The molecule has 0 heterocycles. The summed E-state index contributed by atoms with van der Waals surface area (Å²) in [4.78, 5) is 10.4. The van der Waals surface area contributed by atoms with E-state index in [2.05, 4.69) is 10.7 Å². The molecule has 0 aromatic rings. The van der Waals surface area contributed by atoms with Gasteiger partial charge in [0.15, 0.2) is 5.60 Å². The second kappa shape index (κ2) is 3.08. The molecule has 4 heteroatoms. The van der Waals surface area contributed by atoms with Crippen molar-refractivity contribution in [3.63, 3.8) is 0 Å². The Hall–Kier alpha value is -1.21. The molecule has 3 N–H and O–H groups in total. The summed E-state index contributed by atoms with van der Waals surface area (Å²) in [6.07, 6.45) is 4.28. The smallest absolute Gasteiger partial charge is 0.422 e. The van der Waals surface area contributed by atoms with Crippen molar-refractivity contribution < 1.29 is 9.53 Å². The normalized spacial score (nSPS) is 9.80. The fourth-order valence-electron chi connectivity index (χ4n) is 0.291. The van der Waals surface area contributed by atoms with Crippen LogP contribution in [0.1, 0.15) is 13.8 Å². The number of terminal acetylenes is 1. The van der Waals surface area contributed by atoms with Crippen LogP contribution in [0.25, 0.3) is 0 Å². The number of ether oxygens (including phenoxy) is 1. The van der Waals surface area contributed by atoms with E-state index in [9.17, 15) is 4.79 Å². The van der Waals surface area contributed by atoms with Gasteiger partial charge in [-0.1, -0.05) is 5.92 Å². The zero-order valence-electron chi connectivity index (χ0n) is 5.97. The van der Waals surface area contributed by atoms with Crippen LogP contribution in [-0.4, -0.2) is 11.7 Å². The Kier molecular flexibility index (Phi) is 2.71. The lowest BCUT2D eigenvalue weighted by atomic mass is 10.2. The van der Waals surface area contributed by atoms with E-state index in [1.165, 1.54) is 0 Å². The predicted molar refractivity (Wildman–Crippen MR) is 36.7 cm³/mol. The monoisotopic (exact) mass is 142 g/mol. The summed E-state index contributed by atoms with van der Waals surface area (Å²) < 4.78 is 4.62. The SMILES string of the molecule is C#CC(C)(C)OC(=O)NN. The van der Waals surface area contributed by atoms with E-state index in [1.54, 1.807) is 19.3 Å².